The summed E-state index contributed by atoms with van der Waals surface area (Å²) in [7, 11) is 0. The lowest BCUT2D eigenvalue weighted by Gasteiger charge is -1.97. The molecule has 9 heteroatoms. The molecule has 0 radical (unpaired) electrons. The highest BCUT2D eigenvalue weighted by molar-refractivity contribution is 5.91. The van der Waals surface area contributed by atoms with Gasteiger partial charge in [0.15, 0.2) is 11.5 Å². The van der Waals surface area contributed by atoms with Crippen molar-refractivity contribution in [3.8, 4) is 0 Å². The molecular formula is C8H11N7O2. The lowest BCUT2D eigenvalue weighted by atomic mass is 10.4. The molecule has 2 aromatic rings. The number of nitrogens with zero attached hydrogens (tertiary/aromatic N) is 5. The summed E-state index contributed by atoms with van der Waals surface area (Å²) in [5, 5.41) is 13.6. The Morgan fingerprint density at radius 1 is 1.59 bits per heavy atom. The molecule has 17 heavy (non-hydrogen) atoms. The summed E-state index contributed by atoms with van der Waals surface area (Å²) < 4.78 is 6.03. The largest absolute Gasteiger partial charge is 0.343 e. The number of amides is 1. The minimum absolute atomic E-state index is 0.180. The monoisotopic (exact) mass is 237 g/mol. The topological polar surface area (TPSA) is 125 Å². The van der Waals surface area contributed by atoms with Gasteiger partial charge in [-0.3, -0.25) is 9.48 Å². The first-order valence-electron chi connectivity index (χ1n) is 4.93. The number of hydrogen-bond acceptors (Lipinski definition) is 7. The molecule has 2 aromatic heterocycles. The maximum absolute atomic E-state index is 11.6. The van der Waals surface area contributed by atoms with Gasteiger partial charge in [-0.15, -0.1) is 5.10 Å². The Labute approximate surface area is 96.0 Å². The lowest BCUT2D eigenvalue weighted by Crippen LogP contribution is -2.23. The van der Waals surface area contributed by atoms with E-state index >= 15 is 0 Å². The number of carbonyl (C=O) groups is 1. The predicted octanol–water partition coefficient (Wildman–Crippen LogP) is -1.45. The summed E-state index contributed by atoms with van der Waals surface area (Å²) in [6.07, 6.45) is 2.72. The Morgan fingerprint density at radius 2 is 2.47 bits per heavy atom. The number of carbonyl (C=O) groups excluding carboxylic acids is 1. The number of nitrogens with two attached hydrogens (primary N) is 1. The first-order valence-corrected chi connectivity index (χ1v) is 4.93. The maximum Gasteiger partial charge on any atom is 0.273 e. The Hall–Kier alpha value is -2.29. The number of rotatable bonds is 5. The van der Waals surface area contributed by atoms with Crippen molar-refractivity contribution in [3.05, 3.63) is 24.1 Å². The third kappa shape index (κ3) is 2.84. The molecule has 1 amide bonds. The fourth-order valence-corrected chi connectivity index (χ4v) is 1.16. The standard InChI is InChI=1S/C8H11N7O2/c9-1-2-15-4-6(12-14-15)8(16)10-3-7-11-5-17-13-7/h4-5H,1-3,9H2,(H,10,16). The van der Waals surface area contributed by atoms with Gasteiger partial charge in [0.2, 0.25) is 6.39 Å². The second-order valence-corrected chi connectivity index (χ2v) is 3.19. The average molecular weight is 237 g/mol. The summed E-state index contributed by atoms with van der Waals surface area (Å²) in [6, 6.07) is 0. The molecule has 3 N–H and O–H groups in total. The molecule has 0 unspecified atom stereocenters. The zero-order valence-electron chi connectivity index (χ0n) is 8.91. The number of aromatic nitrogens is 5. The second-order valence-electron chi connectivity index (χ2n) is 3.19. The summed E-state index contributed by atoms with van der Waals surface area (Å²) in [5.41, 5.74) is 5.58. The highest BCUT2D eigenvalue weighted by Gasteiger charge is 2.11. The molecule has 0 aliphatic carbocycles. The van der Waals surface area contributed by atoms with E-state index < -0.39 is 0 Å². The van der Waals surface area contributed by atoms with E-state index in [9.17, 15) is 4.79 Å². The van der Waals surface area contributed by atoms with Gasteiger partial charge in [-0.05, 0) is 0 Å². The van der Waals surface area contributed by atoms with Gasteiger partial charge in [-0.2, -0.15) is 4.98 Å². The average Bonchev–Trinajstić information content (AvgIpc) is 2.97. The van der Waals surface area contributed by atoms with Crippen molar-refractivity contribution in [1.29, 1.82) is 0 Å². The van der Waals surface area contributed by atoms with E-state index in [-0.39, 0.29) is 18.1 Å². The summed E-state index contributed by atoms with van der Waals surface area (Å²) >= 11 is 0. The van der Waals surface area contributed by atoms with Crippen LogP contribution in [0.25, 0.3) is 0 Å². The van der Waals surface area contributed by atoms with Crippen LogP contribution in [0.4, 0.5) is 0 Å². The smallest absolute Gasteiger partial charge is 0.273 e. The molecule has 0 atom stereocenters. The van der Waals surface area contributed by atoms with Crippen LogP contribution in [0, 0.1) is 0 Å². The zero-order chi connectivity index (χ0) is 12.1. The van der Waals surface area contributed by atoms with Gasteiger partial charge < -0.3 is 15.6 Å². The molecule has 0 spiro atoms. The van der Waals surface area contributed by atoms with E-state index in [1.165, 1.54) is 17.3 Å². The Bertz CT molecular complexity index is 478. The molecular weight excluding hydrogens is 226 g/mol. The van der Waals surface area contributed by atoms with Gasteiger partial charge in [-0.25, -0.2) is 0 Å². The molecule has 0 aliphatic heterocycles. The van der Waals surface area contributed by atoms with Crippen molar-refractivity contribution in [2.45, 2.75) is 13.1 Å². The van der Waals surface area contributed by atoms with Crippen LogP contribution in [-0.2, 0) is 13.1 Å². The van der Waals surface area contributed by atoms with E-state index in [1.807, 2.05) is 0 Å². The van der Waals surface area contributed by atoms with Crippen LogP contribution < -0.4 is 11.1 Å². The Kier molecular flexibility index (Phi) is 3.40. The molecule has 0 bridgehead atoms. The second kappa shape index (κ2) is 5.16. The van der Waals surface area contributed by atoms with Crippen molar-refractivity contribution in [1.82, 2.24) is 30.5 Å². The van der Waals surface area contributed by atoms with Crippen LogP contribution in [0.1, 0.15) is 16.3 Å². The van der Waals surface area contributed by atoms with Gasteiger partial charge in [0, 0.05) is 6.54 Å². The third-order valence-corrected chi connectivity index (χ3v) is 1.94. The van der Waals surface area contributed by atoms with Crippen LogP contribution in [-0.4, -0.2) is 37.6 Å². The lowest BCUT2D eigenvalue weighted by molar-refractivity contribution is 0.0944. The first kappa shape index (κ1) is 11.2. The van der Waals surface area contributed by atoms with Crippen LogP contribution in [0.15, 0.2) is 17.1 Å². The molecule has 0 fully saturated rings. The molecule has 90 valence electrons. The highest BCUT2D eigenvalue weighted by atomic mass is 16.5. The fraction of sp³-hybridized carbons (Fsp3) is 0.375. The molecule has 2 rings (SSSR count). The SMILES string of the molecule is NCCn1cc(C(=O)NCc2ncon2)nn1. The van der Waals surface area contributed by atoms with E-state index in [4.69, 9.17) is 5.73 Å². The fourth-order valence-electron chi connectivity index (χ4n) is 1.16. The minimum atomic E-state index is -0.349. The normalized spacial score (nSPS) is 10.4. The molecule has 0 aliphatic rings. The summed E-state index contributed by atoms with van der Waals surface area (Å²) in [5.74, 6) is 0.0470. The minimum Gasteiger partial charge on any atom is -0.343 e. The first-order chi connectivity index (χ1) is 8.29. The van der Waals surface area contributed by atoms with Crippen molar-refractivity contribution in [3.63, 3.8) is 0 Å². The third-order valence-electron chi connectivity index (χ3n) is 1.94. The van der Waals surface area contributed by atoms with Crippen molar-refractivity contribution in [2.24, 2.45) is 5.73 Å². The summed E-state index contributed by atoms with van der Waals surface area (Å²) in [6.45, 7) is 1.14. The number of nitrogens with one attached hydrogen (secondary N) is 1. The molecule has 0 saturated heterocycles. The highest BCUT2D eigenvalue weighted by Crippen LogP contribution is 1.94. The van der Waals surface area contributed by atoms with E-state index in [0.29, 0.717) is 18.9 Å². The predicted molar refractivity (Wildman–Crippen MR) is 54.5 cm³/mol. The summed E-state index contributed by atoms with van der Waals surface area (Å²) in [4.78, 5) is 15.4. The van der Waals surface area contributed by atoms with Gasteiger partial charge in [0.1, 0.15) is 0 Å². The van der Waals surface area contributed by atoms with Gasteiger partial charge in [0.05, 0.1) is 19.3 Å². The van der Waals surface area contributed by atoms with Crippen molar-refractivity contribution >= 4 is 5.91 Å². The van der Waals surface area contributed by atoms with Crippen LogP contribution in [0.2, 0.25) is 0 Å². The van der Waals surface area contributed by atoms with E-state index in [2.05, 4.69) is 30.3 Å². The van der Waals surface area contributed by atoms with E-state index in [0.717, 1.165) is 0 Å². The van der Waals surface area contributed by atoms with Crippen LogP contribution >= 0.6 is 0 Å². The zero-order valence-corrected chi connectivity index (χ0v) is 8.91. The molecule has 0 saturated carbocycles. The van der Waals surface area contributed by atoms with Crippen molar-refractivity contribution in [2.75, 3.05) is 6.54 Å². The van der Waals surface area contributed by atoms with Gasteiger partial charge >= 0.3 is 0 Å². The number of hydrogen-bond donors (Lipinski definition) is 2. The van der Waals surface area contributed by atoms with Crippen molar-refractivity contribution < 1.29 is 9.32 Å². The van der Waals surface area contributed by atoms with Crippen LogP contribution in [0.3, 0.4) is 0 Å². The Balaban J connectivity index is 1.90. The Morgan fingerprint density at radius 3 is 3.18 bits per heavy atom. The van der Waals surface area contributed by atoms with Gasteiger partial charge in [-0.1, -0.05) is 10.4 Å². The van der Waals surface area contributed by atoms with E-state index in [1.54, 1.807) is 0 Å². The maximum atomic E-state index is 11.6. The quantitative estimate of drug-likeness (QED) is 0.651. The molecule has 9 nitrogen and oxygen atoms in total. The van der Waals surface area contributed by atoms with Gasteiger partial charge in [0.25, 0.3) is 5.91 Å². The van der Waals surface area contributed by atoms with Crippen LogP contribution in [0.5, 0.6) is 0 Å². The molecule has 2 heterocycles. The molecule has 0 aromatic carbocycles.